The topological polar surface area (TPSA) is 23.8 Å². The van der Waals surface area contributed by atoms with Crippen LogP contribution in [0, 0.1) is 22.2 Å². The smallest absolute Gasteiger partial charge is 0.0985 e. The van der Waals surface area contributed by atoms with Crippen molar-refractivity contribution < 1.29 is 0 Å². The van der Waals surface area contributed by atoms with E-state index in [4.69, 9.17) is 5.26 Å². The van der Waals surface area contributed by atoms with Gasteiger partial charge in [0.25, 0.3) is 0 Å². The fourth-order valence-corrected chi connectivity index (χ4v) is 3.18. The summed E-state index contributed by atoms with van der Waals surface area (Å²) in [5.74, 6) is 0. The molecular formula is C18H29N. The lowest BCUT2D eigenvalue weighted by Gasteiger charge is -2.53. The zero-order valence-corrected chi connectivity index (χ0v) is 13.6. The zero-order chi connectivity index (χ0) is 15.3. The highest BCUT2D eigenvalue weighted by atomic mass is 14.6. The zero-order valence-electron chi connectivity index (χ0n) is 13.6. The van der Waals surface area contributed by atoms with Crippen molar-refractivity contribution in [3.05, 3.63) is 36.0 Å². The minimum Gasteiger partial charge on any atom is -0.192 e. The molecule has 2 rings (SSSR count). The van der Waals surface area contributed by atoms with Crippen molar-refractivity contribution in [1.29, 1.82) is 5.26 Å². The van der Waals surface area contributed by atoms with Gasteiger partial charge in [-0.05, 0) is 36.2 Å². The van der Waals surface area contributed by atoms with Gasteiger partial charge in [0.1, 0.15) is 0 Å². The van der Waals surface area contributed by atoms with Gasteiger partial charge in [0.2, 0.25) is 0 Å². The van der Waals surface area contributed by atoms with Crippen LogP contribution in [-0.2, 0) is 0 Å². The van der Waals surface area contributed by atoms with Crippen LogP contribution in [0.4, 0.5) is 0 Å². The maximum atomic E-state index is 8.71. The van der Waals surface area contributed by atoms with E-state index >= 15 is 0 Å². The largest absolute Gasteiger partial charge is 0.192 e. The van der Waals surface area contributed by atoms with E-state index in [1.807, 2.05) is 33.8 Å². The van der Waals surface area contributed by atoms with E-state index in [1.54, 1.807) is 0 Å². The average Bonchev–Trinajstić information content (AvgIpc) is 2.61. The van der Waals surface area contributed by atoms with Crippen LogP contribution in [0.3, 0.4) is 0 Å². The molecule has 0 aliphatic heterocycles. The molecule has 0 saturated heterocycles. The van der Waals surface area contributed by atoms with Gasteiger partial charge in [-0.3, -0.25) is 0 Å². The van der Waals surface area contributed by atoms with Crippen LogP contribution in [0.15, 0.2) is 36.0 Å². The lowest BCUT2D eigenvalue weighted by molar-refractivity contribution is 0.0647. The second kappa shape index (κ2) is 6.75. The molecule has 0 heterocycles. The van der Waals surface area contributed by atoms with Crippen LogP contribution in [0.5, 0.6) is 0 Å². The SMILES string of the molecule is C=C(C#N)/C=C1\CC2(C)CC(=C)C2(C)C1.CC.CC. The molecule has 1 nitrogen and oxygen atoms in total. The highest BCUT2D eigenvalue weighted by molar-refractivity contribution is 5.42. The van der Waals surface area contributed by atoms with Crippen LogP contribution < -0.4 is 0 Å². The third-order valence-electron chi connectivity index (χ3n) is 4.44. The first-order valence-electron chi connectivity index (χ1n) is 7.38. The van der Waals surface area contributed by atoms with Crippen molar-refractivity contribution in [2.24, 2.45) is 10.8 Å². The fourth-order valence-electron chi connectivity index (χ4n) is 3.18. The molecule has 2 atom stereocenters. The number of nitriles is 1. The molecule has 0 aromatic heterocycles. The lowest BCUT2D eigenvalue weighted by atomic mass is 9.50. The first-order chi connectivity index (χ1) is 8.91. The van der Waals surface area contributed by atoms with Gasteiger partial charge in [-0.1, -0.05) is 65.8 Å². The minimum absolute atomic E-state index is 0.272. The predicted octanol–water partition coefficient (Wildman–Crippen LogP) is 5.81. The summed E-state index contributed by atoms with van der Waals surface area (Å²) in [7, 11) is 0. The number of hydrogen-bond donors (Lipinski definition) is 0. The number of allylic oxidation sites excluding steroid dienone is 4. The summed E-state index contributed by atoms with van der Waals surface area (Å²) in [4.78, 5) is 0. The van der Waals surface area contributed by atoms with Crippen LogP contribution in [0.1, 0.15) is 60.8 Å². The summed E-state index contributed by atoms with van der Waals surface area (Å²) in [5.41, 5.74) is 3.96. The van der Waals surface area contributed by atoms with Crippen molar-refractivity contribution >= 4 is 0 Å². The van der Waals surface area contributed by atoms with Crippen LogP contribution in [0.25, 0.3) is 0 Å². The molecule has 0 spiro atoms. The minimum atomic E-state index is 0.272. The van der Waals surface area contributed by atoms with Crippen molar-refractivity contribution in [3.8, 4) is 6.07 Å². The predicted molar refractivity (Wildman–Crippen MR) is 84.7 cm³/mol. The van der Waals surface area contributed by atoms with E-state index in [2.05, 4.69) is 33.1 Å². The Morgan fingerprint density at radius 1 is 1.16 bits per heavy atom. The van der Waals surface area contributed by atoms with E-state index < -0.39 is 0 Å². The third-order valence-corrected chi connectivity index (χ3v) is 4.44. The second-order valence-electron chi connectivity index (χ2n) is 5.47. The highest BCUT2D eigenvalue weighted by Crippen LogP contribution is 2.69. The van der Waals surface area contributed by atoms with Crippen molar-refractivity contribution in [3.63, 3.8) is 0 Å². The van der Waals surface area contributed by atoms with Gasteiger partial charge in [0.05, 0.1) is 6.07 Å². The first-order valence-corrected chi connectivity index (χ1v) is 7.38. The molecule has 0 aromatic rings. The van der Waals surface area contributed by atoms with Crippen molar-refractivity contribution in [2.75, 3.05) is 0 Å². The Bertz CT molecular complexity index is 421. The Morgan fingerprint density at radius 2 is 1.68 bits per heavy atom. The number of hydrogen-bond acceptors (Lipinski definition) is 1. The van der Waals surface area contributed by atoms with E-state index in [9.17, 15) is 0 Å². The van der Waals surface area contributed by atoms with Crippen molar-refractivity contribution in [2.45, 2.75) is 60.8 Å². The summed E-state index contributed by atoms with van der Waals surface area (Å²) in [6, 6.07) is 2.08. The molecule has 2 aliphatic carbocycles. The summed E-state index contributed by atoms with van der Waals surface area (Å²) in [6.07, 6.45) is 5.26. The lowest BCUT2D eigenvalue weighted by Crippen LogP contribution is -2.44. The molecule has 19 heavy (non-hydrogen) atoms. The normalized spacial score (nSPS) is 32.9. The average molecular weight is 259 g/mol. The Morgan fingerprint density at radius 3 is 2.05 bits per heavy atom. The van der Waals surface area contributed by atoms with Crippen LogP contribution >= 0.6 is 0 Å². The molecule has 1 heteroatoms. The van der Waals surface area contributed by atoms with Gasteiger partial charge < -0.3 is 0 Å². The monoisotopic (exact) mass is 259 g/mol. The second-order valence-corrected chi connectivity index (χ2v) is 5.47. The molecule has 0 radical (unpaired) electrons. The molecule has 0 aromatic carbocycles. The quantitative estimate of drug-likeness (QED) is 0.430. The Kier molecular flexibility index (Phi) is 6.30. The molecule has 0 N–H and O–H groups in total. The fraction of sp³-hybridized carbons (Fsp3) is 0.611. The molecule has 106 valence electrons. The molecular weight excluding hydrogens is 230 g/mol. The highest BCUT2D eigenvalue weighted by Gasteiger charge is 2.59. The van der Waals surface area contributed by atoms with Gasteiger partial charge in [0.15, 0.2) is 0 Å². The summed E-state index contributed by atoms with van der Waals surface area (Å²) < 4.78 is 0. The third kappa shape index (κ3) is 3.00. The van der Waals surface area contributed by atoms with E-state index in [-0.39, 0.29) is 5.41 Å². The molecule has 0 bridgehead atoms. The maximum absolute atomic E-state index is 8.71. The number of nitrogens with zero attached hydrogens (tertiary/aromatic N) is 1. The van der Waals surface area contributed by atoms with Gasteiger partial charge in [0, 0.05) is 5.57 Å². The number of rotatable bonds is 1. The molecule has 0 amide bonds. The van der Waals surface area contributed by atoms with E-state index in [0.717, 1.165) is 19.3 Å². The molecule has 2 aliphatic rings. The molecule has 2 unspecified atom stereocenters. The Balaban J connectivity index is 0.000000741. The van der Waals surface area contributed by atoms with E-state index in [0.29, 0.717) is 11.0 Å². The summed E-state index contributed by atoms with van der Waals surface area (Å²) in [5, 5.41) is 8.71. The molecule has 2 saturated carbocycles. The van der Waals surface area contributed by atoms with Crippen LogP contribution in [0.2, 0.25) is 0 Å². The van der Waals surface area contributed by atoms with E-state index in [1.165, 1.54) is 11.1 Å². The van der Waals surface area contributed by atoms with Crippen LogP contribution in [-0.4, -0.2) is 0 Å². The standard InChI is InChI=1S/C14H17N.2C2H6/c1-10(9-15)5-12-7-13(3)6-11(2)14(13,4)8-12;2*1-2/h5H,1-2,6-8H2,3-4H3;2*1-2H3/b12-5+;;. The maximum Gasteiger partial charge on any atom is 0.0985 e. The van der Waals surface area contributed by atoms with Crippen molar-refractivity contribution in [1.82, 2.24) is 0 Å². The van der Waals surface area contributed by atoms with Gasteiger partial charge in [-0.25, -0.2) is 0 Å². The van der Waals surface area contributed by atoms with Gasteiger partial charge in [-0.15, -0.1) is 0 Å². The number of fused-ring (bicyclic) bond motifs is 1. The van der Waals surface area contributed by atoms with Gasteiger partial charge in [-0.2, -0.15) is 5.26 Å². The first kappa shape index (κ1) is 17.7. The van der Waals surface area contributed by atoms with Gasteiger partial charge >= 0.3 is 0 Å². The Labute approximate surface area is 119 Å². The Hall–Kier alpha value is -1.29. The summed E-state index contributed by atoms with van der Waals surface area (Å²) >= 11 is 0. The summed E-state index contributed by atoms with van der Waals surface area (Å²) in [6.45, 7) is 20.5. The molecule has 2 fully saturated rings.